The highest BCUT2D eigenvalue weighted by atomic mass is 16.2. The highest BCUT2D eigenvalue weighted by molar-refractivity contribution is 5.81. The summed E-state index contributed by atoms with van der Waals surface area (Å²) in [7, 11) is 0. The average Bonchev–Trinajstić information content (AvgIpc) is 3.25. The normalized spacial score (nSPS) is 22.0. The average molecular weight is 359 g/mol. The lowest BCUT2D eigenvalue weighted by Gasteiger charge is -2.34. The summed E-state index contributed by atoms with van der Waals surface area (Å²) in [6, 6.07) is 1.95. The van der Waals surface area contributed by atoms with Gasteiger partial charge < -0.3 is 10.2 Å². The van der Waals surface area contributed by atoms with Crippen molar-refractivity contribution < 1.29 is 9.59 Å². The highest BCUT2D eigenvalue weighted by Gasteiger charge is 2.31. The summed E-state index contributed by atoms with van der Waals surface area (Å²) in [5.41, 5.74) is 1.95. The molecule has 7 heteroatoms. The second kappa shape index (κ2) is 7.39. The third-order valence-electron chi connectivity index (χ3n) is 6.13. The zero-order valence-corrected chi connectivity index (χ0v) is 15.6. The quantitative estimate of drug-likeness (QED) is 0.855. The molecule has 0 aromatic carbocycles. The highest BCUT2D eigenvalue weighted by Crippen LogP contribution is 2.29. The first-order valence-electron chi connectivity index (χ1n) is 9.98. The van der Waals surface area contributed by atoms with Crippen LogP contribution in [0.1, 0.15) is 50.4 Å². The summed E-state index contributed by atoms with van der Waals surface area (Å²) in [5.74, 6) is 0.618. The maximum atomic E-state index is 12.4. The molecule has 26 heavy (non-hydrogen) atoms. The Morgan fingerprint density at radius 1 is 1.19 bits per heavy atom. The first kappa shape index (κ1) is 17.5. The Kier molecular flexibility index (Phi) is 4.98. The van der Waals surface area contributed by atoms with Crippen molar-refractivity contribution in [3.63, 3.8) is 0 Å². The Balaban J connectivity index is 1.31. The molecule has 2 fully saturated rings. The van der Waals surface area contributed by atoms with Gasteiger partial charge in [-0.25, -0.2) is 0 Å². The first-order valence-corrected chi connectivity index (χ1v) is 9.98. The van der Waals surface area contributed by atoms with E-state index >= 15 is 0 Å². The fourth-order valence-corrected chi connectivity index (χ4v) is 4.13. The summed E-state index contributed by atoms with van der Waals surface area (Å²) in [5, 5.41) is 7.62. The van der Waals surface area contributed by atoms with Crippen molar-refractivity contribution in [3.05, 3.63) is 17.5 Å². The number of fused-ring (bicyclic) bond motifs is 1. The molecule has 3 heterocycles. The van der Waals surface area contributed by atoms with Crippen molar-refractivity contribution in [2.24, 2.45) is 5.92 Å². The molecule has 1 aromatic rings. The van der Waals surface area contributed by atoms with Crippen LogP contribution in [0.3, 0.4) is 0 Å². The van der Waals surface area contributed by atoms with Gasteiger partial charge in [-0.15, -0.1) is 0 Å². The van der Waals surface area contributed by atoms with Gasteiger partial charge in [0.05, 0.1) is 37.1 Å². The Morgan fingerprint density at radius 3 is 2.65 bits per heavy atom. The van der Waals surface area contributed by atoms with Crippen molar-refractivity contribution in [2.75, 3.05) is 19.6 Å². The summed E-state index contributed by atoms with van der Waals surface area (Å²) >= 11 is 0. The second-order valence-electron chi connectivity index (χ2n) is 7.87. The van der Waals surface area contributed by atoms with E-state index in [4.69, 9.17) is 0 Å². The van der Waals surface area contributed by atoms with Gasteiger partial charge in [-0.1, -0.05) is 6.42 Å². The molecule has 1 saturated carbocycles. The van der Waals surface area contributed by atoms with Gasteiger partial charge in [0.15, 0.2) is 0 Å². The van der Waals surface area contributed by atoms with Crippen LogP contribution in [0.2, 0.25) is 0 Å². The van der Waals surface area contributed by atoms with Gasteiger partial charge in [0.1, 0.15) is 0 Å². The maximum Gasteiger partial charge on any atom is 0.237 e. The number of carbonyl (C=O) groups excluding carboxylic acids is 2. The summed E-state index contributed by atoms with van der Waals surface area (Å²) < 4.78 is 1.98. The molecular weight excluding hydrogens is 330 g/mol. The minimum atomic E-state index is -0.0784. The fourth-order valence-electron chi connectivity index (χ4n) is 4.13. The number of nitrogens with zero attached hydrogens (tertiary/aromatic N) is 4. The molecule has 0 spiro atoms. The van der Waals surface area contributed by atoms with Crippen LogP contribution < -0.4 is 5.32 Å². The van der Waals surface area contributed by atoms with Gasteiger partial charge in [-0.3, -0.25) is 19.2 Å². The number of carbonyl (C=O) groups is 2. The van der Waals surface area contributed by atoms with Crippen LogP contribution in [0.15, 0.2) is 6.07 Å². The van der Waals surface area contributed by atoms with Crippen molar-refractivity contribution >= 4 is 11.8 Å². The van der Waals surface area contributed by atoms with E-state index in [1.54, 1.807) is 0 Å². The Morgan fingerprint density at radius 2 is 1.96 bits per heavy atom. The van der Waals surface area contributed by atoms with Crippen molar-refractivity contribution in [3.8, 4) is 0 Å². The third kappa shape index (κ3) is 3.49. The van der Waals surface area contributed by atoms with E-state index in [9.17, 15) is 9.59 Å². The van der Waals surface area contributed by atoms with Crippen LogP contribution >= 0.6 is 0 Å². The molecule has 7 nitrogen and oxygen atoms in total. The lowest BCUT2D eigenvalue weighted by atomic mass is 9.84. The van der Waals surface area contributed by atoms with E-state index in [0.29, 0.717) is 19.0 Å². The lowest BCUT2D eigenvalue weighted by Crippen LogP contribution is -2.43. The van der Waals surface area contributed by atoms with Crippen molar-refractivity contribution in [1.82, 2.24) is 24.9 Å². The number of aromatic nitrogens is 2. The third-order valence-corrected chi connectivity index (χ3v) is 6.13. The summed E-state index contributed by atoms with van der Waals surface area (Å²) in [6.07, 6.45) is 5.63. The van der Waals surface area contributed by atoms with Crippen LogP contribution in [0.25, 0.3) is 0 Å². The van der Waals surface area contributed by atoms with Gasteiger partial charge >= 0.3 is 0 Å². The molecule has 1 saturated heterocycles. The number of rotatable bonds is 5. The molecule has 142 valence electrons. The first-order chi connectivity index (χ1) is 12.6. The van der Waals surface area contributed by atoms with E-state index in [1.165, 1.54) is 19.3 Å². The van der Waals surface area contributed by atoms with Gasteiger partial charge in [0.2, 0.25) is 11.8 Å². The van der Waals surface area contributed by atoms with Gasteiger partial charge in [-0.05, 0) is 51.8 Å². The largest absolute Gasteiger partial charge is 0.349 e. The molecule has 1 N–H and O–H groups in total. The molecule has 2 aliphatic heterocycles. The summed E-state index contributed by atoms with van der Waals surface area (Å²) in [4.78, 5) is 29.0. The van der Waals surface area contributed by atoms with Crippen molar-refractivity contribution in [2.45, 2.75) is 64.7 Å². The predicted molar refractivity (Wildman–Crippen MR) is 97.1 cm³/mol. The zero-order chi connectivity index (χ0) is 18.1. The number of amides is 2. The topological polar surface area (TPSA) is 70.5 Å². The molecule has 0 radical (unpaired) electrons. The zero-order valence-electron chi connectivity index (χ0n) is 15.6. The Labute approximate surface area is 154 Å². The molecule has 1 aliphatic carbocycles. The molecule has 0 bridgehead atoms. The van der Waals surface area contributed by atoms with Gasteiger partial charge in [0.25, 0.3) is 0 Å². The molecule has 1 aromatic heterocycles. The van der Waals surface area contributed by atoms with E-state index in [1.807, 2.05) is 22.6 Å². The number of likely N-dealkylation sites (tertiary alicyclic amines) is 1. The Bertz CT molecular complexity index is 675. The smallest absolute Gasteiger partial charge is 0.237 e. The minimum absolute atomic E-state index is 0.0691. The number of hydrogen-bond acceptors (Lipinski definition) is 4. The van der Waals surface area contributed by atoms with Crippen molar-refractivity contribution in [1.29, 1.82) is 0 Å². The van der Waals surface area contributed by atoms with Crippen LogP contribution in [0, 0.1) is 5.92 Å². The number of nitrogens with one attached hydrogen (secondary N) is 1. The van der Waals surface area contributed by atoms with Gasteiger partial charge in [0, 0.05) is 12.5 Å². The summed E-state index contributed by atoms with van der Waals surface area (Å²) in [6.45, 7) is 6.57. The van der Waals surface area contributed by atoms with E-state index < -0.39 is 0 Å². The molecule has 1 atom stereocenters. The molecule has 3 aliphatic rings. The molecule has 1 unspecified atom stereocenters. The Hall–Kier alpha value is -1.89. The van der Waals surface area contributed by atoms with Crippen LogP contribution in [-0.4, -0.2) is 57.1 Å². The SMILES string of the molecule is CC(C(=O)NCc1cc2n(n1)CCN(C(=O)C1CCC1)C2)N1CCCC1. The lowest BCUT2D eigenvalue weighted by molar-refractivity contribution is -0.139. The van der Waals surface area contributed by atoms with Crippen LogP contribution in [0.4, 0.5) is 0 Å². The van der Waals surface area contributed by atoms with Crippen LogP contribution in [-0.2, 0) is 29.2 Å². The molecular formula is C19H29N5O2. The number of hydrogen-bond donors (Lipinski definition) is 1. The molecule has 4 rings (SSSR count). The molecule has 2 amide bonds. The van der Waals surface area contributed by atoms with E-state index in [-0.39, 0.29) is 17.9 Å². The standard InChI is InChI=1S/C19H29N5O2/c1-14(22-7-2-3-8-22)18(25)20-12-16-11-17-13-23(9-10-24(17)21-16)19(26)15-5-4-6-15/h11,14-15H,2-10,12-13H2,1H3,(H,20,25). The van der Waals surface area contributed by atoms with E-state index in [0.717, 1.165) is 50.4 Å². The van der Waals surface area contributed by atoms with Crippen LogP contribution in [0.5, 0.6) is 0 Å². The van der Waals surface area contributed by atoms with Gasteiger partial charge in [-0.2, -0.15) is 5.10 Å². The fraction of sp³-hybridized carbons (Fsp3) is 0.737. The predicted octanol–water partition coefficient (Wildman–Crippen LogP) is 1.13. The second-order valence-corrected chi connectivity index (χ2v) is 7.87. The monoisotopic (exact) mass is 359 g/mol. The minimum Gasteiger partial charge on any atom is -0.349 e. The maximum absolute atomic E-state index is 12.4. The van der Waals surface area contributed by atoms with E-state index in [2.05, 4.69) is 15.3 Å².